The minimum atomic E-state index is -0.343. The van der Waals surface area contributed by atoms with E-state index in [1.165, 1.54) is 24.3 Å². The Kier molecular flexibility index (Phi) is 5.03. The van der Waals surface area contributed by atoms with Crippen molar-refractivity contribution in [2.24, 2.45) is 0 Å². The fourth-order valence-corrected chi connectivity index (χ4v) is 3.36. The number of para-hydroxylation sites is 1. The van der Waals surface area contributed by atoms with Crippen LogP contribution >= 0.6 is 0 Å². The smallest absolute Gasteiger partial charge is 0.256 e. The zero-order chi connectivity index (χ0) is 19.5. The number of halogens is 1. The van der Waals surface area contributed by atoms with Crippen molar-refractivity contribution in [1.82, 2.24) is 20.0 Å². The Balaban J connectivity index is 1.32. The molecule has 28 heavy (non-hydrogen) atoms. The lowest BCUT2D eigenvalue weighted by molar-refractivity contribution is -0.117. The zero-order valence-corrected chi connectivity index (χ0v) is 15.2. The summed E-state index contributed by atoms with van der Waals surface area (Å²) >= 11 is 0. The van der Waals surface area contributed by atoms with Crippen molar-refractivity contribution >= 4 is 28.4 Å². The molecule has 1 fully saturated rings. The van der Waals surface area contributed by atoms with Gasteiger partial charge < -0.3 is 10.2 Å². The summed E-state index contributed by atoms with van der Waals surface area (Å²) in [6, 6.07) is 11.2. The molecule has 0 aliphatic carbocycles. The average molecular weight is 381 g/mol. The van der Waals surface area contributed by atoms with Crippen molar-refractivity contribution in [1.29, 1.82) is 0 Å². The molecule has 7 nitrogen and oxygen atoms in total. The Morgan fingerprint density at radius 3 is 2.57 bits per heavy atom. The van der Waals surface area contributed by atoms with Gasteiger partial charge in [-0.1, -0.05) is 12.1 Å². The summed E-state index contributed by atoms with van der Waals surface area (Å²) in [4.78, 5) is 28.8. The Hall–Kier alpha value is -3.26. The van der Waals surface area contributed by atoms with Crippen LogP contribution in [0, 0.1) is 5.82 Å². The lowest BCUT2D eigenvalue weighted by atomic mass is 10.1. The minimum Gasteiger partial charge on any atom is -0.336 e. The number of aromatic nitrogens is 2. The first-order valence-corrected chi connectivity index (χ1v) is 9.09. The number of nitrogens with zero attached hydrogens (tertiary/aromatic N) is 3. The third-order valence-corrected chi connectivity index (χ3v) is 4.86. The number of aromatic amines is 1. The number of fused-ring (bicyclic) bond motifs is 1. The van der Waals surface area contributed by atoms with Crippen LogP contribution in [0.4, 0.5) is 10.1 Å². The number of carbonyl (C=O) groups excluding carboxylic acids is 2. The Bertz CT molecular complexity index is 993. The maximum absolute atomic E-state index is 12.9. The fraction of sp³-hybridized carbons (Fsp3) is 0.250. The Morgan fingerprint density at radius 1 is 1.07 bits per heavy atom. The van der Waals surface area contributed by atoms with Crippen molar-refractivity contribution in [3.05, 3.63) is 60.0 Å². The maximum Gasteiger partial charge on any atom is 0.256 e. The van der Waals surface area contributed by atoms with Gasteiger partial charge in [0.25, 0.3) is 5.91 Å². The lowest BCUT2D eigenvalue weighted by Gasteiger charge is -2.34. The number of H-pyrrole nitrogens is 1. The predicted molar refractivity (Wildman–Crippen MR) is 103 cm³/mol. The van der Waals surface area contributed by atoms with Crippen LogP contribution in [0.1, 0.15) is 10.4 Å². The summed E-state index contributed by atoms with van der Waals surface area (Å²) in [5.41, 5.74) is 1.92. The molecule has 4 rings (SSSR count). The van der Waals surface area contributed by atoms with Crippen molar-refractivity contribution in [2.45, 2.75) is 0 Å². The molecule has 2 N–H and O–H groups in total. The van der Waals surface area contributed by atoms with E-state index in [-0.39, 0.29) is 24.2 Å². The summed E-state index contributed by atoms with van der Waals surface area (Å²) in [5.74, 6) is -0.538. The van der Waals surface area contributed by atoms with Crippen molar-refractivity contribution in [3.63, 3.8) is 0 Å². The summed E-state index contributed by atoms with van der Waals surface area (Å²) in [5, 5.41) is 10.5. The van der Waals surface area contributed by atoms with Crippen LogP contribution in [0.5, 0.6) is 0 Å². The molecule has 1 aliphatic heterocycles. The summed E-state index contributed by atoms with van der Waals surface area (Å²) in [6.45, 7) is 2.55. The SMILES string of the molecule is O=C(CN1CCN(C(=O)c2cccc3cn[nH]c23)CC1)Nc1ccc(F)cc1. The molecule has 2 amide bonds. The monoisotopic (exact) mass is 381 g/mol. The highest BCUT2D eigenvalue weighted by Gasteiger charge is 2.24. The quantitative estimate of drug-likeness (QED) is 0.725. The Labute approximate surface area is 161 Å². The molecule has 0 saturated carbocycles. The number of anilines is 1. The van der Waals surface area contributed by atoms with Crippen molar-refractivity contribution in [3.8, 4) is 0 Å². The molecule has 0 atom stereocenters. The van der Waals surface area contributed by atoms with E-state index in [0.29, 0.717) is 37.4 Å². The third-order valence-electron chi connectivity index (χ3n) is 4.86. The first-order valence-electron chi connectivity index (χ1n) is 9.09. The van der Waals surface area contributed by atoms with E-state index < -0.39 is 0 Å². The van der Waals surface area contributed by atoms with Crippen molar-refractivity contribution in [2.75, 3.05) is 38.0 Å². The molecule has 0 spiro atoms. The molecular weight excluding hydrogens is 361 g/mol. The maximum atomic E-state index is 12.9. The highest BCUT2D eigenvalue weighted by molar-refractivity contribution is 6.05. The van der Waals surface area contributed by atoms with E-state index in [9.17, 15) is 14.0 Å². The number of carbonyl (C=O) groups is 2. The molecular formula is C20H20FN5O2. The first kappa shape index (κ1) is 18.1. The van der Waals surface area contributed by atoms with Crippen molar-refractivity contribution < 1.29 is 14.0 Å². The van der Waals surface area contributed by atoms with E-state index in [1.807, 2.05) is 17.0 Å². The van der Waals surface area contributed by atoms with Crippen LogP contribution in [0.25, 0.3) is 10.9 Å². The molecule has 2 aromatic carbocycles. The first-order chi connectivity index (χ1) is 13.6. The third kappa shape index (κ3) is 3.86. The normalized spacial score (nSPS) is 15.0. The van der Waals surface area contributed by atoms with Gasteiger partial charge in [0.2, 0.25) is 5.91 Å². The van der Waals surface area contributed by atoms with Crippen LogP contribution in [-0.4, -0.2) is 64.5 Å². The van der Waals surface area contributed by atoms with Crippen LogP contribution < -0.4 is 5.32 Å². The van der Waals surface area contributed by atoms with Gasteiger partial charge in [-0.05, 0) is 30.3 Å². The average Bonchev–Trinajstić information content (AvgIpc) is 3.19. The van der Waals surface area contributed by atoms with Crippen LogP contribution in [0.3, 0.4) is 0 Å². The molecule has 0 unspecified atom stereocenters. The number of rotatable bonds is 4. The van der Waals surface area contributed by atoms with Gasteiger partial charge in [0.05, 0.1) is 23.8 Å². The number of benzene rings is 2. The second-order valence-electron chi connectivity index (χ2n) is 6.76. The highest BCUT2D eigenvalue weighted by Crippen LogP contribution is 2.18. The number of piperazine rings is 1. The molecule has 1 aromatic heterocycles. The summed E-state index contributed by atoms with van der Waals surface area (Å²) in [7, 11) is 0. The Morgan fingerprint density at radius 2 is 1.82 bits per heavy atom. The second kappa shape index (κ2) is 7.77. The largest absolute Gasteiger partial charge is 0.336 e. The molecule has 0 radical (unpaired) electrons. The van der Waals surface area contributed by atoms with E-state index >= 15 is 0 Å². The van der Waals surface area contributed by atoms with Gasteiger partial charge in [-0.15, -0.1) is 0 Å². The van der Waals surface area contributed by atoms with E-state index in [0.717, 1.165) is 10.9 Å². The molecule has 144 valence electrons. The van der Waals surface area contributed by atoms with Gasteiger partial charge in [0.15, 0.2) is 0 Å². The van der Waals surface area contributed by atoms with Gasteiger partial charge in [-0.3, -0.25) is 19.6 Å². The minimum absolute atomic E-state index is 0.0368. The van der Waals surface area contributed by atoms with Crippen LogP contribution in [0.15, 0.2) is 48.7 Å². The van der Waals surface area contributed by atoms with Gasteiger partial charge in [-0.25, -0.2) is 4.39 Å². The fourth-order valence-electron chi connectivity index (χ4n) is 3.36. The van der Waals surface area contributed by atoms with Gasteiger partial charge in [0.1, 0.15) is 5.82 Å². The molecule has 3 aromatic rings. The highest BCUT2D eigenvalue weighted by atomic mass is 19.1. The van der Waals surface area contributed by atoms with Crippen LogP contribution in [-0.2, 0) is 4.79 Å². The standard InChI is InChI=1S/C20H20FN5O2/c21-15-4-6-16(7-5-15)23-18(27)13-25-8-10-26(11-9-25)20(28)17-3-1-2-14-12-22-24-19(14)17/h1-7,12H,8-11,13H2,(H,22,24)(H,23,27). The topological polar surface area (TPSA) is 81.3 Å². The number of hydrogen-bond donors (Lipinski definition) is 2. The van der Waals surface area contributed by atoms with Gasteiger partial charge >= 0.3 is 0 Å². The summed E-state index contributed by atoms with van der Waals surface area (Å²) in [6.07, 6.45) is 1.70. The van der Waals surface area contributed by atoms with E-state index in [1.54, 1.807) is 17.2 Å². The molecule has 0 bridgehead atoms. The van der Waals surface area contributed by atoms with Gasteiger partial charge in [-0.2, -0.15) is 5.10 Å². The van der Waals surface area contributed by atoms with E-state index in [4.69, 9.17) is 0 Å². The molecule has 1 aliphatic rings. The summed E-state index contributed by atoms with van der Waals surface area (Å²) < 4.78 is 12.9. The molecule has 8 heteroatoms. The zero-order valence-electron chi connectivity index (χ0n) is 15.2. The number of hydrogen-bond acceptors (Lipinski definition) is 4. The molecule has 2 heterocycles. The number of nitrogens with one attached hydrogen (secondary N) is 2. The lowest BCUT2D eigenvalue weighted by Crippen LogP contribution is -2.50. The predicted octanol–water partition coefficient (Wildman–Crippen LogP) is 2.10. The molecule has 1 saturated heterocycles. The van der Waals surface area contributed by atoms with Crippen LogP contribution in [0.2, 0.25) is 0 Å². The van der Waals surface area contributed by atoms with Gasteiger partial charge in [0, 0.05) is 37.3 Å². The number of amides is 2. The second-order valence-corrected chi connectivity index (χ2v) is 6.76. The van der Waals surface area contributed by atoms with E-state index in [2.05, 4.69) is 15.5 Å².